The number of aryl methyl sites for hydroxylation is 1. The number of fused-ring (bicyclic) bond motifs is 1. The number of carbonyl (C=O) groups excluding carboxylic acids is 2. The standard InChI is InChI=1S/C19H20N4O5/c1-3-27-19(26)16-15-17(28-22-16)21-12(2)23(18(15)25)11-14(24)20-10-9-13-7-5-4-6-8-13/h4-8H,3,9-11H2,1-2H3,(H,20,24). The normalized spacial score (nSPS) is 10.8. The Morgan fingerprint density at radius 3 is 2.71 bits per heavy atom. The summed E-state index contributed by atoms with van der Waals surface area (Å²) in [7, 11) is 0. The van der Waals surface area contributed by atoms with Crippen molar-refractivity contribution >= 4 is 23.0 Å². The number of nitrogens with one attached hydrogen (secondary N) is 1. The molecule has 2 aromatic heterocycles. The summed E-state index contributed by atoms with van der Waals surface area (Å²) >= 11 is 0. The Hall–Kier alpha value is -3.49. The second-order valence-electron chi connectivity index (χ2n) is 6.07. The average molecular weight is 384 g/mol. The summed E-state index contributed by atoms with van der Waals surface area (Å²) in [6, 6.07) is 9.74. The molecule has 9 nitrogen and oxygen atoms in total. The zero-order valence-corrected chi connectivity index (χ0v) is 15.6. The number of hydrogen-bond acceptors (Lipinski definition) is 7. The van der Waals surface area contributed by atoms with E-state index in [4.69, 9.17) is 9.26 Å². The van der Waals surface area contributed by atoms with E-state index in [1.54, 1.807) is 13.8 Å². The monoisotopic (exact) mass is 384 g/mol. The highest BCUT2D eigenvalue weighted by atomic mass is 16.5. The summed E-state index contributed by atoms with van der Waals surface area (Å²) in [5.41, 5.74) is 0.215. The Kier molecular flexibility index (Phi) is 5.83. The van der Waals surface area contributed by atoms with Gasteiger partial charge < -0.3 is 14.6 Å². The number of esters is 1. The molecule has 1 aromatic carbocycles. The van der Waals surface area contributed by atoms with Crippen LogP contribution in [0.3, 0.4) is 0 Å². The maximum Gasteiger partial charge on any atom is 0.361 e. The predicted molar refractivity (Wildman–Crippen MR) is 99.9 cm³/mol. The number of aromatic nitrogens is 3. The van der Waals surface area contributed by atoms with Crippen LogP contribution in [0.15, 0.2) is 39.6 Å². The molecule has 0 aliphatic carbocycles. The molecule has 0 aliphatic heterocycles. The highest BCUT2D eigenvalue weighted by Gasteiger charge is 2.24. The molecule has 0 radical (unpaired) electrons. The quantitative estimate of drug-likeness (QED) is 0.609. The molecule has 3 aromatic rings. The molecular weight excluding hydrogens is 364 g/mol. The highest BCUT2D eigenvalue weighted by Crippen LogP contribution is 2.14. The molecule has 0 saturated heterocycles. The van der Waals surface area contributed by atoms with Crippen molar-refractivity contribution in [1.29, 1.82) is 0 Å². The van der Waals surface area contributed by atoms with Gasteiger partial charge in [-0.2, -0.15) is 4.98 Å². The van der Waals surface area contributed by atoms with Gasteiger partial charge in [-0.05, 0) is 25.8 Å². The van der Waals surface area contributed by atoms with Gasteiger partial charge in [-0.25, -0.2) is 4.79 Å². The molecule has 28 heavy (non-hydrogen) atoms. The van der Waals surface area contributed by atoms with Crippen LogP contribution in [0, 0.1) is 6.92 Å². The number of rotatable bonds is 7. The summed E-state index contributed by atoms with van der Waals surface area (Å²) in [4.78, 5) is 41.2. The summed E-state index contributed by atoms with van der Waals surface area (Å²) in [6.45, 7) is 3.55. The van der Waals surface area contributed by atoms with Crippen LogP contribution in [0.25, 0.3) is 11.1 Å². The van der Waals surface area contributed by atoms with E-state index < -0.39 is 11.5 Å². The van der Waals surface area contributed by atoms with Crippen molar-refractivity contribution in [2.75, 3.05) is 13.2 Å². The molecule has 0 fully saturated rings. The summed E-state index contributed by atoms with van der Waals surface area (Å²) in [6.07, 6.45) is 0.677. The maximum absolute atomic E-state index is 12.8. The topological polar surface area (TPSA) is 116 Å². The number of ether oxygens (including phenoxy) is 1. The molecule has 0 saturated carbocycles. The predicted octanol–water partition coefficient (Wildman–Crippen LogP) is 1.23. The van der Waals surface area contributed by atoms with E-state index in [1.165, 1.54) is 4.57 Å². The van der Waals surface area contributed by atoms with Crippen molar-refractivity contribution in [3.63, 3.8) is 0 Å². The lowest BCUT2D eigenvalue weighted by Gasteiger charge is -2.10. The van der Waals surface area contributed by atoms with Crippen LogP contribution >= 0.6 is 0 Å². The first-order chi connectivity index (χ1) is 13.5. The Morgan fingerprint density at radius 1 is 1.25 bits per heavy atom. The van der Waals surface area contributed by atoms with Gasteiger partial charge >= 0.3 is 5.97 Å². The first-order valence-corrected chi connectivity index (χ1v) is 8.85. The molecule has 2 heterocycles. The number of nitrogens with zero attached hydrogens (tertiary/aromatic N) is 3. The lowest BCUT2D eigenvalue weighted by molar-refractivity contribution is -0.121. The van der Waals surface area contributed by atoms with Gasteiger partial charge in [-0.3, -0.25) is 14.2 Å². The number of hydrogen-bond donors (Lipinski definition) is 1. The molecule has 0 unspecified atom stereocenters. The van der Waals surface area contributed by atoms with Crippen molar-refractivity contribution in [3.8, 4) is 0 Å². The molecule has 0 bridgehead atoms. The van der Waals surface area contributed by atoms with Crippen LogP contribution in [-0.4, -0.2) is 39.7 Å². The number of carbonyl (C=O) groups is 2. The first-order valence-electron chi connectivity index (χ1n) is 8.85. The average Bonchev–Trinajstić information content (AvgIpc) is 3.10. The molecule has 3 rings (SSSR count). The SMILES string of the molecule is CCOC(=O)c1noc2nc(C)n(CC(=O)NCCc3ccccc3)c(=O)c12. The van der Waals surface area contributed by atoms with Crippen LogP contribution in [-0.2, 0) is 22.5 Å². The van der Waals surface area contributed by atoms with Crippen molar-refractivity contribution in [2.24, 2.45) is 0 Å². The van der Waals surface area contributed by atoms with Gasteiger partial charge in [-0.15, -0.1) is 0 Å². The minimum atomic E-state index is -0.775. The second-order valence-corrected chi connectivity index (χ2v) is 6.07. The lowest BCUT2D eigenvalue weighted by atomic mass is 10.1. The lowest BCUT2D eigenvalue weighted by Crippen LogP contribution is -2.35. The summed E-state index contributed by atoms with van der Waals surface area (Å²) in [5, 5.41) is 6.27. The third-order valence-corrected chi connectivity index (χ3v) is 4.14. The number of amides is 1. The minimum Gasteiger partial charge on any atom is -0.461 e. The van der Waals surface area contributed by atoms with E-state index in [-0.39, 0.29) is 41.7 Å². The Bertz CT molecular complexity index is 1060. The van der Waals surface area contributed by atoms with E-state index >= 15 is 0 Å². The van der Waals surface area contributed by atoms with Crippen molar-refractivity contribution in [2.45, 2.75) is 26.8 Å². The minimum absolute atomic E-state index is 0.0636. The molecular formula is C19H20N4O5. The maximum atomic E-state index is 12.8. The van der Waals surface area contributed by atoms with Crippen LogP contribution in [0.1, 0.15) is 28.8 Å². The fourth-order valence-electron chi connectivity index (χ4n) is 2.76. The van der Waals surface area contributed by atoms with Crippen LogP contribution in [0.4, 0.5) is 0 Å². The van der Waals surface area contributed by atoms with Crippen LogP contribution in [0.5, 0.6) is 0 Å². The Morgan fingerprint density at radius 2 is 2.00 bits per heavy atom. The van der Waals surface area contributed by atoms with Crippen molar-refractivity contribution < 1.29 is 18.8 Å². The Balaban J connectivity index is 1.76. The van der Waals surface area contributed by atoms with E-state index in [9.17, 15) is 14.4 Å². The van der Waals surface area contributed by atoms with Crippen LogP contribution in [0.2, 0.25) is 0 Å². The molecule has 9 heteroatoms. The molecule has 0 aliphatic rings. The molecule has 1 amide bonds. The molecule has 0 spiro atoms. The number of benzene rings is 1. The van der Waals surface area contributed by atoms with Gasteiger partial charge in [0.05, 0.1) is 6.61 Å². The smallest absolute Gasteiger partial charge is 0.361 e. The van der Waals surface area contributed by atoms with Gasteiger partial charge in [0.25, 0.3) is 11.3 Å². The van der Waals surface area contributed by atoms with Gasteiger partial charge in [0, 0.05) is 6.54 Å². The largest absolute Gasteiger partial charge is 0.461 e. The van der Waals surface area contributed by atoms with Gasteiger partial charge in [0.1, 0.15) is 17.8 Å². The molecule has 0 atom stereocenters. The van der Waals surface area contributed by atoms with Crippen molar-refractivity contribution in [1.82, 2.24) is 20.0 Å². The fourth-order valence-corrected chi connectivity index (χ4v) is 2.76. The van der Waals surface area contributed by atoms with Gasteiger partial charge in [-0.1, -0.05) is 35.5 Å². The van der Waals surface area contributed by atoms with Crippen LogP contribution < -0.4 is 10.9 Å². The highest BCUT2D eigenvalue weighted by molar-refractivity contribution is 5.99. The summed E-state index contributed by atoms with van der Waals surface area (Å²) < 4.78 is 11.0. The van der Waals surface area contributed by atoms with Crippen molar-refractivity contribution in [3.05, 3.63) is 57.8 Å². The van der Waals surface area contributed by atoms with E-state index in [0.717, 1.165) is 5.56 Å². The molecule has 1 N–H and O–H groups in total. The molecule has 146 valence electrons. The van der Waals surface area contributed by atoms with E-state index in [0.29, 0.717) is 13.0 Å². The fraction of sp³-hybridized carbons (Fsp3) is 0.316. The summed E-state index contributed by atoms with van der Waals surface area (Å²) in [5.74, 6) is -0.832. The second kappa shape index (κ2) is 8.47. The third-order valence-electron chi connectivity index (χ3n) is 4.14. The Labute approximate surface area is 160 Å². The van der Waals surface area contributed by atoms with E-state index in [1.807, 2.05) is 30.3 Å². The third kappa shape index (κ3) is 4.08. The first kappa shape index (κ1) is 19.3. The van der Waals surface area contributed by atoms with E-state index in [2.05, 4.69) is 15.5 Å². The zero-order valence-electron chi connectivity index (χ0n) is 15.6. The van der Waals surface area contributed by atoms with Gasteiger partial charge in [0.2, 0.25) is 11.6 Å². The zero-order chi connectivity index (χ0) is 20.1. The van der Waals surface area contributed by atoms with Gasteiger partial charge in [0.15, 0.2) is 0 Å².